The average Bonchev–Trinajstić information content (AvgIpc) is 3.40. The maximum atomic E-state index is 13.1. The van der Waals surface area contributed by atoms with Crippen LogP contribution in [0.3, 0.4) is 0 Å². The van der Waals surface area contributed by atoms with Crippen molar-refractivity contribution in [1.82, 2.24) is 20.4 Å². The normalized spacial score (nSPS) is 11.7. The van der Waals surface area contributed by atoms with Crippen LogP contribution in [-0.4, -0.2) is 34.1 Å². The molecule has 37 heavy (non-hydrogen) atoms. The highest BCUT2D eigenvalue weighted by Gasteiger charge is 2.27. The van der Waals surface area contributed by atoms with Gasteiger partial charge in [0.2, 0.25) is 11.6 Å². The average molecular weight is 501 g/mol. The minimum absolute atomic E-state index is 0.0346. The van der Waals surface area contributed by atoms with Gasteiger partial charge in [-0.25, -0.2) is 4.98 Å². The highest BCUT2D eigenvalue weighted by atomic mass is 16.6. The number of nitrogens with zero attached hydrogens (tertiary/aromatic N) is 3. The third-order valence-electron chi connectivity index (χ3n) is 5.67. The van der Waals surface area contributed by atoms with E-state index >= 15 is 0 Å². The predicted octanol–water partition coefficient (Wildman–Crippen LogP) is 4.85. The molecule has 0 aliphatic heterocycles. The van der Waals surface area contributed by atoms with Crippen molar-refractivity contribution >= 4 is 11.9 Å². The van der Waals surface area contributed by atoms with Crippen molar-refractivity contribution in [3.05, 3.63) is 101 Å². The fourth-order valence-electron chi connectivity index (χ4n) is 3.87. The molecule has 0 aliphatic carbocycles. The molecular weight excluding hydrogens is 472 g/mol. The quantitative estimate of drug-likeness (QED) is 0.307. The van der Waals surface area contributed by atoms with Crippen LogP contribution in [0, 0.1) is 0 Å². The van der Waals surface area contributed by atoms with Crippen LogP contribution >= 0.6 is 0 Å². The van der Waals surface area contributed by atoms with Crippen LogP contribution in [0.1, 0.15) is 72.0 Å². The Bertz CT molecular complexity index is 1300. The molecule has 0 saturated heterocycles. The molecular formula is C28H28N4O5. The smallest absolute Gasteiger partial charge is 0.311 e. The molecule has 190 valence electrons. The predicted molar refractivity (Wildman–Crippen MR) is 135 cm³/mol. The van der Waals surface area contributed by atoms with Crippen LogP contribution in [0.5, 0.6) is 11.5 Å². The number of hydrogen-bond donors (Lipinski definition) is 1. The molecule has 2 aromatic carbocycles. The van der Waals surface area contributed by atoms with Gasteiger partial charge in [-0.2, -0.15) is 4.98 Å². The van der Waals surface area contributed by atoms with E-state index in [0.29, 0.717) is 12.2 Å². The summed E-state index contributed by atoms with van der Waals surface area (Å²) in [4.78, 5) is 34.0. The molecule has 2 aromatic heterocycles. The summed E-state index contributed by atoms with van der Waals surface area (Å²) >= 11 is 0. The van der Waals surface area contributed by atoms with Crippen LogP contribution in [0.2, 0.25) is 0 Å². The van der Waals surface area contributed by atoms with Crippen molar-refractivity contribution in [2.24, 2.45) is 0 Å². The lowest BCUT2D eigenvalue weighted by molar-refractivity contribution is -0.134. The molecule has 0 spiro atoms. The summed E-state index contributed by atoms with van der Waals surface area (Å²) in [6.45, 7) is 3.58. The van der Waals surface area contributed by atoms with E-state index in [4.69, 9.17) is 14.0 Å². The first-order valence-electron chi connectivity index (χ1n) is 12.0. The fraction of sp³-hybridized carbons (Fsp3) is 0.250. The lowest BCUT2D eigenvalue weighted by Gasteiger charge is -2.15. The Labute approximate surface area is 214 Å². The zero-order chi connectivity index (χ0) is 26.2. The van der Waals surface area contributed by atoms with Crippen molar-refractivity contribution in [2.45, 2.75) is 38.6 Å². The zero-order valence-electron chi connectivity index (χ0n) is 20.9. The van der Waals surface area contributed by atoms with Crippen LogP contribution < -0.4 is 14.8 Å². The minimum atomic E-state index is -0.645. The van der Waals surface area contributed by atoms with Crippen LogP contribution in [0.4, 0.5) is 0 Å². The van der Waals surface area contributed by atoms with Gasteiger partial charge in [0.25, 0.3) is 5.91 Å². The molecule has 0 fully saturated rings. The summed E-state index contributed by atoms with van der Waals surface area (Å²) in [6, 6.07) is 20.6. The summed E-state index contributed by atoms with van der Waals surface area (Å²) in [5.74, 6) is -0.404. The maximum Gasteiger partial charge on any atom is 0.311 e. The van der Waals surface area contributed by atoms with E-state index < -0.39 is 17.9 Å². The first-order valence-corrected chi connectivity index (χ1v) is 12.0. The Hall–Kier alpha value is -4.53. The number of carbonyl (C=O) groups is 2. The van der Waals surface area contributed by atoms with Gasteiger partial charge < -0.3 is 19.3 Å². The number of esters is 1. The SMILES string of the molecule is CCCC(=O)Oc1c(OC)ccnc1C(=O)N[C@@H](C)c1nc(C(c2ccccc2)c2ccccc2)no1. The van der Waals surface area contributed by atoms with Gasteiger partial charge in [0.1, 0.15) is 6.04 Å². The second kappa shape index (κ2) is 11.9. The molecule has 9 nitrogen and oxygen atoms in total. The van der Waals surface area contributed by atoms with E-state index in [0.717, 1.165) is 11.1 Å². The molecule has 4 aromatic rings. The number of nitrogens with one attached hydrogen (secondary N) is 1. The van der Waals surface area contributed by atoms with E-state index in [9.17, 15) is 9.59 Å². The van der Waals surface area contributed by atoms with E-state index in [1.54, 1.807) is 6.92 Å². The number of hydrogen-bond acceptors (Lipinski definition) is 8. The van der Waals surface area contributed by atoms with Gasteiger partial charge >= 0.3 is 5.97 Å². The molecule has 0 radical (unpaired) electrons. The molecule has 1 atom stereocenters. The summed E-state index contributed by atoms with van der Waals surface area (Å²) in [5, 5.41) is 7.03. The summed E-state index contributed by atoms with van der Waals surface area (Å²) in [7, 11) is 1.42. The number of benzene rings is 2. The van der Waals surface area contributed by atoms with Gasteiger partial charge in [-0.05, 0) is 24.5 Å². The summed E-state index contributed by atoms with van der Waals surface area (Å²) < 4.78 is 16.2. The third kappa shape index (κ3) is 6.00. The second-order valence-corrected chi connectivity index (χ2v) is 8.36. The number of aromatic nitrogens is 3. The first-order chi connectivity index (χ1) is 18.0. The van der Waals surface area contributed by atoms with Gasteiger partial charge in [-0.1, -0.05) is 72.7 Å². The van der Waals surface area contributed by atoms with E-state index in [2.05, 4.69) is 20.4 Å². The number of carbonyl (C=O) groups excluding carboxylic acids is 2. The molecule has 0 bridgehead atoms. The minimum Gasteiger partial charge on any atom is -0.493 e. The topological polar surface area (TPSA) is 116 Å². The lowest BCUT2D eigenvalue weighted by atomic mass is 9.91. The lowest BCUT2D eigenvalue weighted by Crippen LogP contribution is -2.28. The molecule has 1 N–H and O–H groups in total. The maximum absolute atomic E-state index is 13.1. The second-order valence-electron chi connectivity index (χ2n) is 8.36. The summed E-state index contributed by atoms with van der Waals surface area (Å²) in [6.07, 6.45) is 2.21. The molecule has 9 heteroatoms. The number of ether oxygens (including phenoxy) is 2. The van der Waals surface area contributed by atoms with E-state index in [1.807, 2.05) is 67.6 Å². The zero-order valence-corrected chi connectivity index (χ0v) is 20.9. The van der Waals surface area contributed by atoms with Crippen molar-refractivity contribution in [3.8, 4) is 11.5 Å². The van der Waals surface area contributed by atoms with Gasteiger partial charge in [0, 0.05) is 18.7 Å². The monoisotopic (exact) mass is 500 g/mol. The highest BCUT2D eigenvalue weighted by Crippen LogP contribution is 2.32. The van der Waals surface area contributed by atoms with Gasteiger partial charge in [0.05, 0.1) is 13.0 Å². The standard InChI is InChI=1S/C28H28N4O5/c1-4-11-22(33)36-25-21(35-3)16-17-29-24(25)27(34)30-18(2)28-31-26(32-37-28)23(19-12-7-5-8-13-19)20-14-9-6-10-15-20/h5-10,12-18,23H,4,11H2,1-3H3,(H,30,34)/t18-/m0/s1. The van der Waals surface area contributed by atoms with Crippen LogP contribution in [0.15, 0.2) is 77.4 Å². The molecule has 0 aliphatic rings. The van der Waals surface area contributed by atoms with Crippen molar-refractivity contribution in [3.63, 3.8) is 0 Å². The third-order valence-corrected chi connectivity index (χ3v) is 5.67. The van der Waals surface area contributed by atoms with Crippen LogP contribution in [-0.2, 0) is 4.79 Å². The van der Waals surface area contributed by atoms with Gasteiger partial charge in [0.15, 0.2) is 17.3 Å². The van der Waals surface area contributed by atoms with Crippen molar-refractivity contribution < 1.29 is 23.6 Å². The Balaban J connectivity index is 1.58. The van der Waals surface area contributed by atoms with E-state index in [-0.39, 0.29) is 35.4 Å². The largest absolute Gasteiger partial charge is 0.493 e. The molecule has 0 saturated carbocycles. The number of methoxy groups -OCH3 is 1. The molecule has 4 rings (SSSR count). The van der Waals surface area contributed by atoms with Crippen LogP contribution in [0.25, 0.3) is 0 Å². The number of pyridine rings is 1. The fourth-order valence-corrected chi connectivity index (χ4v) is 3.87. The molecule has 2 heterocycles. The summed E-state index contributed by atoms with van der Waals surface area (Å²) in [5.41, 5.74) is 1.94. The first kappa shape index (κ1) is 25.6. The van der Waals surface area contributed by atoms with Crippen molar-refractivity contribution in [1.29, 1.82) is 0 Å². The Morgan fingerprint density at radius 1 is 1.00 bits per heavy atom. The number of amides is 1. The molecule has 1 amide bonds. The van der Waals surface area contributed by atoms with Crippen molar-refractivity contribution in [2.75, 3.05) is 7.11 Å². The Kier molecular flexibility index (Phi) is 8.25. The van der Waals surface area contributed by atoms with Gasteiger partial charge in [-0.15, -0.1) is 0 Å². The number of rotatable bonds is 10. The van der Waals surface area contributed by atoms with E-state index in [1.165, 1.54) is 19.4 Å². The highest BCUT2D eigenvalue weighted by molar-refractivity contribution is 5.96. The molecule has 0 unspecified atom stereocenters. The Morgan fingerprint density at radius 3 is 2.24 bits per heavy atom. The van der Waals surface area contributed by atoms with Gasteiger partial charge in [-0.3, -0.25) is 9.59 Å². The Morgan fingerprint density at radius 2 is 1.65 bits per heavy atom.